The number of hydrogen-bond acceptors (Lipinski definition) is 4. The molecule has 1 spiro atoms. The van der Waals surface area contributed by atoms with Gasteiger partial charge in [-0.25, -0.2) is 12.8 Å². The van der Waals surface area contributed by atoms with E-state index < -0.39 is 15.6 Å². The molecule has 1 amide bonds. The van der Waals surface area contributed by atoms with Crippen LogP contribution in [0.2, 0.25) is 0 Å². The second-order valence-corrected chi connectivity index (χ2v) is 10.1. The molecule has 2 aromatic carbocycles. The lowest BCUT2D eigenvalue weighted by atomic mass is 9.88. The van der Waals surface area contributed by atoms with Gasteiger partial charge in [-0.05, 0) is 47.4 Å². The predicted molar refractivity (Wildman–Crippen MR) is 116 cm³/mol. The van der Waals surface area contributed by atoms with Gasteiger partial charge in [0.05, 0.1) is 16.9 Å². The van der Waals surface area contributed by atoms with Crippen molar-refractivity contribution < 1.29 is 17.6 Å². The van der Waals surface area contributed by atoms with Crippen molar-refractivity contribution in [3.05, 3.63) is 95.6 Å². The Labute approximate surface area is 186 Å². The molecule has 1 aromatic heterocycles. The molecular weight excluding hydrogens is 429 g/mol. The van der Waals surface area contributed by atoms with E-state index in [-0.39, 0.29) is 36.1 Å². The summed E-state index contributed by atoms with van der Waals surface area (Å²) in [6.07, 6.45) is 4.05. The van der Waals surface area contributed by atoms with E-state index in [0.29, 0.717) is 18.5 Å². The maximum Gasteiger partial charge on any atom is 0.244 e. The van der Waals surface area contributed by atoms with Gasteiger partial charge in [-0.2, -0.15) is 4.31 Å². The number of fused-ring (bicyclic) bond motifs is 2. The van der Waals surface area contributed by atoms with Crippen LogP contribution in [0.3, 0.4) is 0 Å². The summed E-state index contributed by atoms with van der Waals surface area (Å²) in [5.74, 6) is -0.428. The van der Waals surface area contributed by atoms with Gasteiger partial charge in [0.1, 0.15) is 5.82 Å². The van der Waals surface area contributed by atoms with Crippen molar-refractivity contribution in [2.24, 2.45) is 0 Å². The summed E-state index contributed by atoms with van der Waals surface area (Å²) >= 11 is 0. The molecule has 1 unspecified atom stereocenters. The van der Waals surface area contributed by atoms with Gasteiger partial charge < -0.3 is 4.90 Å². The molecule has 0 N–H and O–H groups in total. The first kappa shape index (κ1) is 20.8. The molecule has 0 saturated carbocycles. The highest BCUT2D eigenvalue weighted by molar-refractivity contribution is 7.89. The van der Waals surface area contributed by atoms with Crippen LogP contribution >= 0.6 is 0 Å². The number of carbonyl (C=O) groups excluding carboxylic acids is 1. The van der Waals surface area contributed by atoms with E-state index in [2.05, 4.69) is 4.98 Å². The Balaban J connectivity index is 1.49. The Bertz CT molecular complexity index is 1270. The van der Waals surface area contributed by atoms with Crippen LogP contribution in [0.25, 0.3) is 0 Å². The van der Waals surface area contributed by atoms with Gasteiger partial charge in [-0.15, -0.1) is 0 Å². The molecule has 0 bridgehead atoms. The number of sulfonamides is 1. The highest BCUT2D eigenvalue weighted by Crippen LogP contribution is 2.50. The van der Waals surface area contributed by atoms with Crippen molar-refractivity contribution in [2.75, 3.05) is 13.1 Å². The fraction of sp³-hybridized carbons (Fsp3) is 0.250. The van der Waals surface area contributed by atoms with Crippen LogP contribution in [0.1, 0.15) is 23.1 Å². The van der Waals surface area contributed by atoms with Crippen molar-refractivity contribution in [1.29, 1.82) is 0 Å². The second-order valence-electron chi connectivity index (χ2n) is 8.27. The van der Waals surface area contributed by atoms with Crippen molar-refractivity contribution in [3.8, 4) is 0 Å². The Morgan fingerprint density at radius 1 is 1.03 bits per heavy atom. The first-order valence-corrected chi connectivity index (χ1v) is 11.9. The van der Waals surface area contributed by atoms with E-state index in [1.54, 1.807) is 47.6 Å². The smallest absolute Gasteiger partial charge is 0.244 e. The number of likely N-dealkylation sites (tertiary alicyclic amines) is 1. The Hall–Kier alpha value is -3.10. The number of halogens is 1. The second kappa shape index (κ2) is 7.79. The molecule has 0 radical (unpaired) electrons. The molecular formula is C24H22FN3O3S. The van der Waals surface area contributed by atoms with Crippen molar-refractivity contribution in [2.45, 2.75) is 29.8 Å². The van der Waals surface area contributed by atoms with Crippen LogP contribution in [0.4, 0.5) is 4.39 Å². The molecule has 8 heteroatoms. The first-order chi connectivity index (χ1) is 15.4. The minimum atomic E-state index is -3.76. The van der Waals surface area contributed by atoms with Crippen molar-refractivity contribution in [3.63, 3.8) is 0 Å². The molecule has 2 aliphatic heterocycles. The van der Waals surface area contributed by atoms with E-state index in [1.807, 2.05) is 18.2 Å². The number of amides is 1. The fourth-order valence-corrected chi connectivity index (χ4v) is 6.82. The summed E-state index contributed by atoms with van der Waals surface area (Å²) in [6, 6.07) is 16.5. The zero-order valence-electron chi connectivity index (χ0n) is 17.3. The van der Waals surface area contributed by atoms with Gasteiger partial charge >= 0.3 is 0 Å². The number of aromatic nitrogens is 1. The molecule has 0 aliphatic carbocycles. The average Bonchev–Trinajstić information content (AvgIpc) is 3.32. The van der Waals surface area contributed by atoms with E-state index >= 15 is 0 Å². The summed E-state index contributed by atoms with van der Waals surface area (Å²) in [5, 5.41) is 0. The van der Waals surface area contributed by atoms with Crippen LogP contribution in [-0.4, -0.2) is 41.6 Å². The van der Waals surface area contributed by atoms with Gasteiger partial charge in [-0.1, -0.05) is 36.4 Å². The first-order valence-electron chi connectivity index (χ1n) is 10.4. The highest BCUT2D eigenvalue weighted by Gasteiger charge is 2.57. The maximum atomic E-state index is 13.5. The molecule has 32 heavy (non-hydrogen) atoms. The summed E-state index contributed by atoms with van der Waals surface area (Å²) in [7, 11) is -3.76. The number of carbonyl (C=O) groups is 1. The van der Waals surface area contributed by atoms with E-state index in [4.69, 9.17) is 0 Å². The average molecular weight is 452 g/mol. The number of hydrogen-bond donors (Lipinski definition) is 0. The van der Waals surface area contributed by atoms with Gasteiger partial charge in [0.15, 0.2) is 0 Å². The summed E-state index contributed by atoms with van der Waals surface area (Å²) in [4.78, 5) is 19.1. The summed E-state index contributed by atoms with van der Waals surface area (Å²) in [6.45, 7) is 0.855. The van der Waals surface area contributed by atoms with Crippen LogP contribution in [0, 0.1) is 5.82 Å². The van der Waals surface area contributed by atoms with Crippen LogP contribution in [0.5, 0.6) is 0 Å². The lowest BCUT2D eigenvalue weighted by Crippen LogP contribution is -2.46. The standard InChI is InChI=1S/C24H22FN3O3S/c25-20-9-7-18(8-10-20)16-28-24(21-5-1-2-6-22(21)32(28,30)31)11-13-27(17-24)23(29)14-19-4-3-12-26-15-19/h1-10,12,15H,11,13-14,16-17H2. The zero-order valence-corrected chi connectivity index (χ0v) is 18.1. The maximum absolute atomic E-state index is 13.5. The molecule has 5 rings (SSSR count). The normalized spacial score (nSPS) is 21.7. The number of rotatable bonds is 4. The number of benzene rings is 2. The number of nitrogens with zero attached hydrogens (tertiary/aromatic N) is 3. The molecule has 1 fully saturated rings. The van der Waals surface area contributed by atoms with E-state index in [9.17, 15) is 17.6 Å². The number of pyridine rings is 1. The largest absolute Gasteiger partial charge is 0.340 e. The molecule has 2 aliphatic rings. The van der Waals surface area contributed by atoms with E-state index in [1.165, 1.54) is 16.4 Å². The molecule has 6 nitrogen and oxygen atoms in total. The molecule has 164 valence electrons. The molecule has 3 heterocycles. The van der Waals surface area contributed by atoms with Gasteiger partial charge in [0.2, 0.25) is 15.9 Å². The third kappa shape index (κ3) is 3.40. The topological polar surface area (TPSA) is 70.6 Å². The summed E-state index contributed by atoms with van der Waals surface area (Å²) < 4.78 is 41.9. The lowest BCUT2D eigenvalue weighted by molar-refractivity contribution is -0.129. The third-order valence-corrected chi connectivity index (χ3v) is 8.32. The highest BCUT2D eigenvalue weighted by atomic mass is 32.2. The monoisotopic (exact) mass is 451 g/mol. The fourth-order valence-electron chi connectivity index (χ4n) is 4.77. The van der Waals surface area contributed by atoms with Crippen LogP contribution < -0.4 is 0 Å². The minimum Gasteiger partial charge on any atom is -0.340 e. The van der Waals surface area contributed by atoms with Crippen molar-refractivity contribution in [1.82, 2.24) is 14.2 Å². The Morgan fingerprint density at radius 3 is 2.56 bits per heavy atom. The Morgan fingerprint density at radius 2 is 1.81 bits per heavy atom. The summed E-state index contributed by atoms with van der Waals surface area (Å²) in [5.41, 5.74) is 1.40. The quantitative estimate of drug-likeness (QED) is 0.611. The van der Waals surface area contributed by atoms with E-state index in [0.717, 1.165) is 11.1 Å². The van der Waals surface area contributed by atoms with Crippen molar-refractivity contribution >= 4 is 15.9 Å². The van der Waals surface area contributed by atoms with Gasteiger partial charge in [0.25, 0.3) is 0 Å². The molecule has 3 aromatic rings. The molecule has 1 atom stereocenters. The lowest BCUT2D eigenvalue weighted by Gasteiger charge is -2.34. The SMILES string of the molecule is O=C(Cc1cccnc1)N1CCC2(C1)c1ccccc1S(=O)(=O)N2Cc1ccc(F)cc1. The third-order valence-electron chi connectivity index (χ3n) is 6.35. The van der Waals surface area contributed by atoms with Gasteiger partial charge in [-0.3, -0.25) is 9.78 Å². The zero-order chi connectivity index (χ0) is 22.3. The van der Waals surface area contributed by atoms with Crippen LogP contribution in [-0.2, 0) is 33.3 Å². The predicted octanol–water partition coefficient (Wildman–Crippen LogP) is 3.10. The molecule has 1 saturated heterocycles. The minimum absolute atomic E-state index is 0.0570. The Kier molecular flexibility index (Phi) is 5.06. The van der Waals surface area contributed by atoms with Crippen LogP contribution in [0.15, 0.2) is 78.0 Å². The van der Waals surface area contributed by atoms with Gasteiger partial charge in [0, 0.05) is 32.0 Å².